The van der Waals surface area contributed by atoms with E-state index in [-0.39, 0.29) is 0 Å². The molecule has 0 amide bonds. The van der Waals surface area contributed by atoms with Gasteiger partial charge >= 0.3 is 0 Å². The molecule has 17 heavy (non-hydrogen) atoms. The summed E-state index contributed by atoms with van der Waals surface area (Å²) in [7, 11) is 0. The van der Waals surface area contributed by atoms with Crippen molar-refractivity contribution >= 4 is 11.8 Å². The van der Waals surface area contributed by atoms with Crippen LogP contribution in [0.15, 0.2) is 17.6 Å². The van der Waals surface area contributed by atoms with E-state index >= 15 is 0 Å². The van der Waals surface area contributed by atoms with Crippen molar-refractivity contribution in [2.45, 2.75) is 37.9 Å². The van der Waals surface area contributed by atoms with Gasteiger partial charge in [-0.15, -0.1) is 0 Å². The monoisotopic (exact) mass is 250 g/mol. The van der Waals surface area contributed by atoms with E-state index in [1.165, 1.54) is 11.8 Å². The van der Waals surface area contributed by atoms with Gasteiger partial charge in [-0.05, 0) is 32.4 Å². The molecule has 1 aromatic rings. The number of hydrogen-bond acceptors (Lipinski definition) is 5. The largest absolute Gasteiger partial charge is 0.299 e. The van der Waals surface area contributed by atoms with E-state index in [2.05, 4.69) is 28.3 Å². The summed E-state index contributed by atoms with van der Waals surface area (Å²) in [6, 6.07) is 2.31. The molecule has 1 aromatic heterocycles. The number of thioether (sulfide) groups is 1. The summed E-state index contributed by atoms with van der Waals surface area (Å²) in [6.07, 6.45) is 4.60. The molecule has 0 spiro atoms. The standard InChI is InChI=1S/C12H18N4S/c1-4-5-16-12(3,8-13)9-17-11-14-6-10(2)7-15-11/h6-7,16H,4-5,9H2,1-3H3. The first kappa shape index (κ1) is 13.9. The van der Waals surface area contributed by atoms with Gasteiger partial charge in [0.25, 0.3) is 0 Å². The molecular formula is C12H18N4S. The average Bonchev–Trinajstić information content (AvgIpc) is 2.36. The Kier molecular flexibility index (Phi) is 5.39. The maximum atomic E-state index is 9.17. The fourth-order valence-electron chi connectivity index (χ4n) is 1.19. The van der Waals surface area contributed by atoms with Crippen molar-refractivity contribution in [1.29, 1.82) is 5.26 Å². The predicted molar refractivity (Wildman–Crippen MR) is 69.8 cm³/mol. The van der Waals surface area contributed by atoms with Crippen molar-refractivity contribution < 1.29 is 0 Å². The molecule has 1 N–H and O–H groups in total. The molecule has 5 heteroatoms. The highest BCUT2D eigenvalue weighted by atomic mass is 32.2. The number of nitrogens with one attached hydrogen (secondary N) is 1. The molecule has 0 aliphatic carbocycles. The molecule has 0 radical (unpaired) electrons. The molecule has 0 aromatic carbocycles. The van der Waals surface area contributed by atoms with E-state index in [1.54, 1.807) is 12.4 Å². The molecule has 1 unspecified atom stereocenters. The van der Waals surface area contributed by atoms with Crippen molar-refractivity contribution in [1.82, 2.24) is 15.3 Å². The second-order valence-corrected chi connectivity index (χ2v) is 5.14. The Morgan fingerprint density at radius 3 is 2.65 bits per heavy atom. The first-order valence-corrected chi connectivity index (χ1v) is 6.66. The molecule has 1 heterocycles. The second-order valence-electron chi connectivity index (χ2n) is 4.20. The van der Waals surface area contributed by atoms with Gasteiger partial charge in [-0.3, -0.25) is 5.32 Å². The van der Waals surface area contributed by atoms with Crippen molar-refractivity contribution in [3.63, 3.8) is 0 Å². The SMILES string of the molecule is CCCNC(C)(C#N)CSc1ncc(C)cn1. The molecule has 0 aliphatic rings. The van der Waals surface area contributed by atoms with E-state index in [1.807, 2.05) is 13.8 Å². The molecule has 4 nitrogen and oxygen atoms in total. The van der Waals surface area contributed by atoms with Crippen LogP contribution in [0.3, 0.4) is 0 Å². The average molecular weight is 250 g/mol. The third-order valence-electron chi connectivity index (χ3n) is 2.26. The van der Waals surface area contributed by atoms with Crippen LogP contribution in [0, 0.1) is 18.3 Å². The number of nitrogens with zero attached hydrogens (tertiary/aromatic N) is 3. The van der Waals surface area contributed by atoms with Gasteiger partial charge < -0.3 is 0 Å². The van der Waals surface area contributed by atoms with E-state index in [0.717, 1.165) is 23.7 Å². The molecule has 0 saturated carbocycles. The second kappa shape index (κ2) is 6.58. The quantitative estimate of drug-likeness (QED) is 0.619. The van der Waals surface area contributed by atoms with Crippen LogP contribution < -0.4 is 5.32 Å². The van der Waals surface area contributed by atoms with Gasteiger partial charge in [-0.2, -0.15) is 5.26 Å². The van der Waals surface area contributed by atoms with Gasteiger partial charge in [-0.25, -0.2) is 9.97 Å². The summed E-state index contributed by atoms with van der Waals surface area (Å²) in [5.41, 5.74) is 0.524. The number of rotatable bonds is 6. The Morgan fingerprint density at radius 1 is 1.47 bits per heavy atom. The smallest absolute Gasteiger partial charge is 0.187 e. The van der Waals surface area contributed by atoms with E-state index in [4.69, 9.17) is 5.26 Å². The molecule has 92 valence electrons. The number of aryl methyl sites for hydroxylation is 1. The normalized spacial score (nSPS) is 14.0. The Hall–Kier alpha value is -1.12. The molecule has 0 bridgehead atoms. The lowest BCUT2D eigenvalue weighted by atomic mass is 10.1. The minimum Gasteiger partial charge on any atom is -0.299 e. The first-order valence-electron chi connectivity index (χ1n) is 5.67. The maximum Gasteiger partial charge on any atom is 0.187 e. The fourth-order valence-corrected chi connectivity index (χ4v) is 2.03. The van der Waals surface area contributed by atoms with Gasteiger partial charge in [0, 0.05) is 18.1 Å². The summed E-state index contributed by atoms with van der Waals surface area (Å²) >= 11 is 1.50. The van der Waals surface area contributed by atoms with Crippen LogP contribution in [0.1, 0.15) is 25.8 Å². The Balaban J connectivity index is 2.53. The zero-order valence-electron chi connectivity index (χ0n) is 10.5. The predicted octanol–water partition coefficient (Wildman–Crippen LogP) is 2.16. The van der Waals surface area contributed by atoms with Gasteiger partial charge in [0.1, 0.15) is 5.54 Å². The molecule has 1 rings (SSSR count). The molecule has 0 saturated heterocycles. The summed E-state index contributed by atoms with van der Waals surface area (Å²) in [5, 5.41) is 13.1. The Bertz CT molecular complexity index is 384. The summed E-state index contributed by atoms with van der Waals surface area (Å²) in [5.74, 6) is 0.645. The van der Waals surface area contributed by atoms with Gasteiger partial charge in [0.15, 0.2) is 5.16 Å². The topological polar surface area (TPSA) is 61.6 Å². The van der Waals surface area contributed by atoms with Gasteiger partial charge in [0.2, 0.25) is 0 Å². The van der Waals surface area contributed by atoms with Crippen LogP contribution in [-0.4, -0.2) is 27.8 Å². The van der Waals surface area contributed by atoms with Crippen LogP contribution in [0.25, 0.3) is 0 Å². The first-order chi connectivity index (χ1) is 8.09. The van der Waals surface area contributed by atoms with Gasteiger partial charge in [-0.1, -0.05) is 18.7 Å². The summed E-state index contributed by atoms with van der Waals surface area (Å²) in [4.78, 5) is 8.42. The maximum absolute atomic E-state index is 9.17. The van der Waals surface area contributed by atoms with Crippen molar-refractivity contribution in [2.75, 3.05) is 12.3 Å². The minimum absolute atomic E-state index is 0.519. The zero-order chi connectivity index (χ0) is 12.7. The Morgan fingerprint density at radius 2 is 2.12 bits per heavy atom. The lowest BCUT2D eigenvalue weighted by Crippen LogP contribution is -2.43. The van der Waals surface area contributed by atoms with Crippen LogP contribution >= 0.6 is 11.8 Å². The van der Waals surface area contributed by atoms with Crippen LogP contribution in [0.2, 0.25) is 0 Å². The number of nitriles is 1. The molecule has 1 atom stereocenters. The van der Waals surface area contributed by atoms with E-state index in [0.29, 0.717) is 5.75 Å². The lowest BCUT2D eigenvalue weighted by molar-refractivity contribution is 0.493. The highest BCUT2D eigenvalue weighted by Crippen LogP contribution is 2.18. The highest BCUT2D eigenvalue weighted by molar-refractivity contribution is 7.99. The lowest BCUT2D eigenvalue weighted by Gasteiger charge is -2.21. The van der Waals surface area contributed by atoms with Crippen LogP contribution in [0.4, 0.5) is 0 Å². The number of hydrogen-bond donors (Lipinski definition) is 1. The van der Waals surface area contributed by atoms with Crippen molar-refractivity contribution in [2.24, 2.45) is 0 Å². The van der Waals surface area contributed by atoms with E-state index < -0.39 is 5.54 Å². The third-order valence-corrected chi connectivity index (χ3v) is 3.45. The summed E-state index contributed by atoms with van der Waals surface area (Å²) < 4.78 is 0. The highest BCUT2D eigenvalue weighted by Gasteiger charge is 2.23. The molecular weight excluding hydrogens is 232 g/mol. The van der Waals surface area contributed by atoms with E-state index in [9.17, 15) is 0 Å². The van der Waals surface area contributed by atoms with Crippen LogP contribution in [0.5, 0.6) is 0 Å². The molecule has 0 aliphatic heterocycles. The van der Waals surface area contributed by atoms with Crippen molar-refractivity contribution in [3.05, 3.63) is 18.0 Å². The Labute approximate surface area is 107 Å². The summed E-state index contributed by atoms with van der Waals surface area (Å²) in [6.45, 7) is 6.79. The zero-order valence-corrected chi connectivity index (χ0v) is 11.3. The van der Waals surface area contributed by atoms with Gasteiger partial charge in [0.05, 0.1) is 6.07 Å². The minimum atomic E-state index is -0.519. The number of aromatic nitrogens is 2. The van der Waals surface area contributed by atoms with Crippen molar-refractivity contribution in [3.8, 4) is 6.07 Å². The molecule has 0 fully saturated rings. The third kappa shape index (κ3) is 4.72. The van der Waals surface area contributed by atoms with Crippen LogP contribution in [-0.2, 0) is 0 Å². The fraction of sp³-hybridized carbons (Fsp3) is 0.583.